The minimum Gasteiger partial charge on any atom is -0.490 e. The molecule has 0 amide bonds. The Hall–Kier alpha value is -3.49. The van der Waals surface area contributed by atoms with Crippen LogP contribution < -0.4 is 9.47 Å². The molecule has 0 bridgehead atoms. The van der Waals surface area contributed by atoms with Crippen LogP contribution in [0.3, 0.4) is 0 Å². The second kappa shape index (κ2) is 8.89. The Balaban J connectivity index is 1.57. The average molecular weight is 413 g/mol. The summed E-state index contributed by atoms with van der Waals surface area (Å²) in [5.74, 6) is 1.25. The van der Waals surface area contributed by atoms with Crippen LogP contribution in [0.2, 0.25) is 0 Å². The average Bonchev–Trinajstić information content (AvgIpc) is 3.09. The van der Waals surface area contributed by atoms with Gasteiger partial charge in [-0.05, 0) is 48.9 Å². The molecule has 1 heterocycles. The molecule has 0 aliphatic carbocycles. The number of nitrogens with zero attached hydrogens (tertiary/aromatic N) is 1. The predicted octanol–water partition coefficient (Wildman–Crippen LogP) is 5.87. The van der Waals surface area contributed by atoms with Gasteiger partial charge in [-0.25, -0.2) is 0 Å². The van der Waals surface area contributed by atoms with Crippen LogP contribution in [0.1, 0.15) is 34.0 Å². The highest BCUT2D eigenvalue weighted by atomic mass is 32.2. The Morgan fingerprint density at radius 3 is 2.60 bits per heavy atom. The molecule has 4 rings (SSSR count). The highest BCUT2D eigenvalue weighted by Crippen LogP contribution is 2.41. The summed E-state index contributed by atoms with van der Waals surface area (Å²) in [4.78, 5) is 14.3. The Morgan fingerprint density at radius 2 is 1.80 bits per heavy atom. The van der Waals surface area contributed by atoms with Crippen LogP contribution in [0.25, 0.3) is 6.08 Å². The van der Waals surface area contributed by atoms with Crippen molar-refractivity contribution in [3.05, 3.63) is 93.9 Å². The van der Waals surface area contributed by atoms with Crippen molar-refractivity contribution < 1.29 is 14.3 Å². The van der Waals surface area contributed by atoms with Crippen molar-refractivity contribution in [2.45, 2.75) is 18.4 Å². The topological polar surface area (TPSA) is 59.3 Å². The quantitative estimate of drug-likeness (QED) is 0.473. The van der Waals surface area contributed by atoms with Crippen molar-refractivity contribution in [2.24, 2.45) is 0 Å². The molecule has 148 valence electrons. The van der Waals surface area contributed by atoms with Crippen LogP contribution in [0.5, 0.6) is 11.5 Å². The molecule has 0 aromatic heterocycles. The first-order chi connectivity index (χ1) is 14.7. The number of hydrogen-bond donors (Lipinski definition) is 0. The summed E-state index contributed by atoms with van der Waals surface area (Å²) in [6.45, 7) is 2.67. The smallest absolute Gasteiger partial charge is 0.200 e. The van der Waals surface area contributed by atoms with E-state index < -0.39 is 0 Å². The summed E-state index contributed by atoms with van der Waals surface area (Å²) in [5.41, 5.74) is 3.02. The third-order valence-electron chi connectivity index (χ3n) is 4.66. The number of nitriles is 1. The number of Topliss-reactive ketones (excluding diaryl/α,β-unsaturated/α-hetero) is 1. The first kappa shape index (κ1) is 19.8. The van der Waals surface area contributed by atoms with E-state index in [9.17, 15) is 10.1 Å². The molecular weight excluding hydrogens is 394 g/mol. The van der Waals surface area contributed by atoms with Crippen LogP contribution >= 0.6 is 11.8 Å². The Bertz CT molecular complexity index is 1180. The molecule has 4 nitrogen and oxygen atoms in total. The first-order valence-electron chi connectivity index (χ1n) is 9.60. The summed E-state index contributed by atoms with van der Waals surface area (Å²) in [6, 6.07) is 22.8. The first-order valence-corrected chi connectivity index (χ1v) is 10.4. The van der Waals surface area contributed by atoms with Gasteiger partial charge >= 0.3 is 0 Å². The second-order valence-corrected chi connectivity index (χ2v) is 7.72. The maximum Gasteiger partial charge on any atom is 0.200 e. The SMILES string of the molecule is CCOc1cc(/C=C2\Sc3ccccc3C2=O)ccc1OCc1ccccc1C#N. The monoisotopic (exact) mass is 413 g/mol. The van der Waals surface area contributed by atoms with Crippen molar-refractivity contribution in [3.8, 4) is 17.6 Å². The van der Waals surface area contributed by atoms with E-state index in [0.717, 1.165) is 21.6 Å². The molecule has 0 spiro atoms. The number of hydrogen-bond acceptors (Lipinski definition) is 5. The van der Waals surface area contributed by atoms with Crippen LogP contribution in [0.15, 0.2) is 76.5 Å². The van der Waals surface area contributed by atoms with Gasteiger partial charge in [-0.1, -0.05) is 48.2 Å². The van der Waals surface area contributed by atoms with Crippen LogP contribution in [-0.4, -0.2) is 12.4 Å². The fraction of sp³-hybridized carbons (Fsp3) is 0.120. The Morgan fingerprint density at radius 1 is 1.00 bits per heavy atom. The van der Waals surface area contributed by atoms with E-state index in [1.54, 1.807) is 6.07 Å². The van der Waals surface area contributed by atoms with Gasteiger partial charge in [0.1, 0.15) is 6.61 Å². The van der Waals surface area contributed by atoms with Crippen molar-refractivity contribution in [1.29, 1.82) is 5.26 Å². The van der Waals surface area contributed by atoms with Gasteiger partial charge in [-0.2, -0.15) is 5.26 Å². The normalized spacial score (nSPS) is 13.7. The lowest BCUT2D eigenvalue weighted by Crippen LogP contribution is -2.01. The van der Waals surface area contributed by atoms with Gasteiger partial charge in [0.05, 0.1) is 23.1 Å². The van der Waals surface area contributed by atoms with Crippen LogP contribution in [0, 0.1) is 11.3 Å². The second-order valence-electron chi connectivity index (χ2n) is 6.63. The van der Waals surface area contributed by atoms with Gasteiger partial charge in [-0.15, -0.1) is 0 Å². The Kier molecular flexibility index (Phi) is 5.87. The van der Waals surface area contributed by atoms with E-state index in [-0.39, 0.29) is 12.4 Å². The fourth-order valence-corrected chi connectivity index (χ4v) is 4.25. The number of fused-ring (bicyclic) bond motifs is 1. The van der Waals surface area contributed by atoms with E-state index in [0.29, 0.717) is 28.6 Å². The zero-order valence-corrected chi connectivity index (χ0v) is 17.2. The molecule has 0 saturated heterocycles. The van der Waals surface area contributed by atoms with Crippen molar-refractivity contribution in [2.75, 3.05) is 6.61 Å². The Labute approximate surface area is 179 Å². The van der Waals surface area contributed by atoms with E-state index >= 15 is 0 Å². The third-order valence-corrected chi connectivity index (χ3v) is 5.76. The minimum absolute atomic E-state index is 0.0435. The zero-order chi connectivity index (χ0) is 20.9. The summed E-state index contributed by atoms with van der Waals surface area (Å²) in [5, 5.41) is 9.25. The van der Waals surface area contributed by atoms with Gasteiger partial charge in [0.25, 0.3) is 0 Å². The minimum atomic E-state index is 0.0435. The number of ether oxygens (including phenoxy) is 2. The highest BCUT2D eigenvalue weighted by Gasteiger charge is 2.25. The van der Waals surface area contributed by atoms with E-state index in [2.05, 4.69) is 6.07 Å². The number of ketones is 1. The standard InChI is InChI=1S/C25H19NO3S/c1-2-28-22-13-17(14-24-25(27)20-9-5-6-10-23(20)30-24)11-12-21(22)29-16-19-8-4-3-7-18(19)15-26/h3-14H,2,16H2,1H3/b24-14-. The van der Waals surface area contributed by atoms with Gasteiger partial charge in [0.15, 0.2) is 11.5 Å². The molecule has 0 atom stereocenters. The molecule has 3 aromatic carbocycles. The van der Waals surface area contributed by atoms with Crippen molar-refractivity contribution in [3.63, 3.8) is 0 Å². The van der Waals surface area contributed by atoms with E-state index in [4.69, 9.17) is 9.47 Å². The van der Waals surface area contributed by atoms with Crippen LogP contribution in [0.4, 0.5) is 0 Å². The molecule has 0 N–H and O–H groups in total. The lowest BCUT2D eigenvalue weighted by molar-refractivity contribution is 0.104. The number of rotatable bonds is 6. The number of carbonyl (C=O) groups is 1. The summed E-state index contributed by atoms with van der Waals surface area (Å²) in [6.07, 6.45) is 1.88. The maximum atomic E-state index is 12.6. The third kappa shape index (κ3) is 4.10. The molecule has 0 radical (unpaired) electrons. The summed E-state index contributed by atoms with van der Waals surface area (Å²) < 4.78 is 11.7. The number of thioether (sulfide) groups is 1. The lowest BCUT2D eigenvalue weighted by Gasteiger charge is -2.13. The molecular formula is C25H19NO3S. The van der Waals surface area contributed by atoms with Gasteiger partial charge in [-0.3, -0.25) is 4.79 Å². The number of carbonyl (C=O) groups excluding carboxylic acids is 1. The largest absolute Gasteiger partial charge is 0.490 e. The fourth-order valence-electron chi connectivity index (χ4n) is 3.20. The molecule has 0 saturated carbocycles. The molecule has 1 aliphatic rings. The van der Waals surface area contributed by atoms with Gasteiger partial charge in [0.2, 0.25) is 5.78 Å². The van der Waals surface area contributed by atoms with E-state index in [1.807, 2.05) is 73.7 Å². The molecule has 1 aliphatic heterocycles. The number of benzene rings is 3. The summed E-state index contributed by atoms with van der Waals surface area (Å²) in [7, 11) is 0. The molecule has 0 unspecified atom stereocenters. The van der Waals surface area contributed by atoms with Crippen molar-refractivity contribution >= 4 is 23.6 Å². The van der Waals surface area contributed by atoms with Gasteiger partial charge in [0, 0.05) is 16.0 Å². The molecule has 5 heteroatoms. The number of allylic oxidation sites excluding steroid dienone is 1. The highest BCUT2D eigenvalue weighted by molar-refractivity contribution is 8.04. The van der Waals surface area contributed by atoms with E-state index in [1.165, 1.54) is 11.8 Å². The molecule has 0 fully saturated rings. The molecule has 30 heavy (non-hydrogen) atoms. The van der Waals surface area contributed by atoms with Crippen molar-refractivity contribution in [1.82, 2.24) is 0 Å². The lowest BCUT2D eigenvalue weighted by atomic mass is 10.1. The summed E-state index contributed by atoms with van der Waals surface area (Å²) >= 11 is 1.48. The predicted molar refractivity (Wildman–Crippen MR) is 118 cm³/mol. The zero-order valence-electron chi connectivity index (χ0n) is 16.4. The van der Waals surface area contributed by atoms with Gasteiger partial charge < -0.3 is 9.47 Å². The molecule has 3 aromatic rings. The maximum absolute atomic E-state index is 12.6. The van der Waals surface area contributed by atoms with Crippen LogP contribution in [-0.2, 0) is 6.61 Å².